The molecule has 1 saturated heterocycles. The molecule has 0 radical (unpaired) electrons. The van der Waals surface area contributed by atoms with Crippen LogP contribution in [0.4, 0.5) is 0 Å². The van der Waals surface area contributed by atoms with E-state index < -0.39 is 28.1 Å². The molecule has 3 rings (SSSR count). The maximum absolute atomic E-state index is 12.8. The predicted molar refractivity (Wildman–Crippen MR) is 109 cm³/mol. The van der Waals surface area contributed by atoms with Crippen LogP contribution in [0, 0.1) is 0 Å². The number of benzene rings is 1. The molecule has 156 valence electrons. The lowest BCUT2D eigenvalue weighted by Crippen LogP contribution is -2.52. The number of amides is 2. The van der Waals surface area contributed by atoms with Crippen LogP contribution in [0.25, 0.3) is 0 Å². The second-order valence-electron chi connectivity index (χ2n) is 6.21. The summed E-state index contributed by atoms with van der Waals surface area (Å²) in [4.78, 5) is 24.1. The van der Waals surface area contributed by atoms with Gasteiger partial charge in [0.05, 0.1) is 13.2 Å². The molecule has 1 atom stereocenters. The molecule has 0 bridgehead atoms. The fourth-order valence-electron chi connectivity index (χ4n) is 2.79. The molecule has 1 aromatic carbocycles. The molecular weight excluding hydrogens is 438 g/mol. The first kappa shape index (κ1) is 21.7. The van der Waals surface area contributed by atoms with Gasteiger partial charge in [-0.1, -0.05) is 35.9 Å². The number of carbonyl (C=O) groups is 2. The lowest BCUT2D eigenvalue weighted by Gasteiger charge is -2.34. The Morgan fingerprint density at radius 2 is 1.93 bits per heavy atom. The predicted octanol–water partition coefficient (Wildman–Crippen LogP) is 1.57. The van der Waals surface area contributed by atoms with Crippen molar-refractivity contribution in [3.8, 4) is 0 Å². The molecule has 0 spiro atoms. The molecule has 1 aliphatic rings. The molecule has 1 aliphatic heterocycles. The Balaban J connectivity index is 1.56. The van der Waals surface area contributed by atoms with Crippen LogP contribution in [-0.4, -0.2) is 50.5 Å². The minimum absolute atomic E-state index is 0.102. The SMILES string of the molecule is O=C(NCc1ccccc1Cl)C(=O)NC[C@@H]1OCCCN1S(=O)(=O)c1cccs1. The number of nitrogens with one attached hydrogen (secondary N) is 2. The van der Waals surface area contributed by atoms with Gasteiger partial charge in [-0.25, -0.2) is 8.42 Å². The summed E-state index contributed by atoms with van der Waals surface area (Å²) in [5, 5.41) is 7.09. The zero-order valence-electron chi connectivity index (χ0n) is 15.3. The molecular formula is C18H20ClN3O5S2. The number of nitrogens with zero attached hydrogens (tertiary/aromatic N) is 1. The number of hydrogen-bond donors (Lipinski definition) is 2. The number of rotatable bonds is 6. The van der Waals surface area contributed by atoms with Gasteiger partial charge in [0, 0.05) is 18.1 Å². The van der Waals surface area contributed by atoms with Gasteiger partial charge < -0.3 is 15.4 Å². The van der Waals surface area contributed by atoms with Gasteiger partial charge in [-0.3, -0.25) is 9.59 Å². The Morgan fingerprint density at radius 3 is 2.66 bits per heavy atom. The normalized spacial score (nSPS) is 17.6. The van der Waals surface area contributed by atoms with Crippen LogP contribution in [-0.2, 0) is 30.9 Å². The van der Waals surface area contributed by atoms with E-state index in [0.29, 0.717) is 23.6 Å². The third kappa shape index (κ3) is 5.34. The standard InChI is InChI=1S/C18H20ClN3O5S2/c19-14-6-2-1-5-13(14)11-20-17(23)18(24)21-12-15-22(8-4-9-27-15)29(25,26)16-7-3-10-28-16/h1-3,5-7,10,15H,4,8-9,11-12H2,(H,20,23)(H,21,24)/t15-/m0/s1. The van der Waals surface area contributed by atoms with Crippen molar-refractivity contribution in [2.45, 2.75) is 23.4 Å². The van der Waals surface area contributed by atoms with Crippen molar-refractivity contribution < 1.29 is 22.7 Å². The molecule has 2 heterocycles. The van der Waals surface area contributed by atoms with Crippen molar-refractivity contribution in [2.75, 3.05) is 19.7 Å². The zero-order valence-corrected chi connectivity index (χ0v) is 17.7. The van der Waals surface area contributed by atoms with Crippen molar-refractivity contribution in [3.05, 3.63) is 52.4 Å². The Kier molecular flexibility index (Phi) is 7.25. The molecule has 1 fully saturated rings. The van der Waals surface area contributed by atoms with Gasteiger partial charge in [-0.2, -0.15) is 4.31 Å². The highest BCUT2D eigenvalue weighted by molar-refractivity contribution is 7.91. The lowest BCUT2D eigenvalue weighted by molar-refractivity contribution is -0.140. The summed E-state index contributed by atoms with van der Waals surface area (Å²) in [7, 11) is -3.73. The van der Waals surface area contributed by atoms with E-state index in [0.717, 1.165) is 11.3 Å². The van der Waals surface area contributed by atoms with Crippen LogP contribution in [0.3, 0.4) is 0 Å². The average Bonchev–Trinajstić information content (AvgIpc) is 3.27. The topological polar surface area (TPSA) is 105 Å². The van der Waals surface area contributed by atoms with Gasteiger partial charge >= 0.3 is 11.8 Å². The lowest BCUT2D eigenvalue weighted by atomic mass is 10.2. The van der Waals surface area contributed by atoms with Gasteiger partial charge in [0.25, 0.3) is 10.0 Å². The molecule has 0 aliphatic carbocycles. The van der Waals surface area contributed by atoms with Crippen LogP contribution in [0.15, 0.2) is 46.0 Å². The summed E-state index contributed by atoms with van der Waals surface area (Å²) in [5.74, 6) is -1.71. The monoisotopic (exact) mass is 457 g/mol. The van der Waals surface area contributed by atoms with E-state index in [-0.39, 0.29) is 23.8 Å². The molecule has 2 N–H and O–H groups in total. The molecule has 8 nitrogen and oxygen atoms in total. The molecule has 11 heteroatoms. The second-order valence-corrected chi connectivity index (χ2v) is 9.68. The molecule has 2 amide bonds. The minimum Gasteiger partial charge on any atom is -0.360 e. The fraction of sp³-hybridized carbons (Fsp3) is 0.333. The third-order valence-corrected chi connectivity index (χ3v) is 7.88. The fourth-order valence-corrected chi connectivity index (χ4v) is 5.67. The van der Waals surface area contributed by atoms with Gasteiger partial charge in [-0.15, -0.1) is 11.3 Å². The smallest absolute Gasteiger partial charge is 0.309 e. The molecule has 0 saturated carbocycles. The minimum atomic E-state index is -3.73. The van der Waals surface area contributed by atoms with Crippen molar-refractivity contribution in [3.63, 3.8) is 0 Å². The number of ether oxygens (including phenoxy) is 1. The van der Waals surface area contributed by atoms with Crippen LogP contribution >= 0.6 is 22.9 Å². The Labute approximate surface area is 177 Å². The second kappa shape index (κ2) is 9.68. The number of thiophene rings is 1. The number of hydrogen-bond acceptors (Lipinski definition) is 6. The van der Waals surface area contributed by atoms with E-state index >= 15 is 0 Å². The number of sulfonamides is 1. The largest absolute Gasteiger partial charge is 0.360 e. The summed E-state index contributed by atoms with van der Waals surface area (Å²) < 4.78 is 32.5. The highest BCUT2D eigenvalue weighted by atomic mass is 35.5. The summed E-state index contributed by atoms with van der Waals surface area (Å²) >= 11 is 7.13. The van der Waals surface area contributed by atoms with Crippen molar-refractivity contribution in [2.24, 2.45) is 0 Å². The number of carbonyl (C=O) groups excluding carboxylic acids is 2. The molecule has 2 aromatic rings. The van der Waals surface area contributed by atoms with E-state index in [1.54, 1.807) is 35.7 Å². The highest BCUT2D eigenvalue weighted by Crippen LogP contribution is 2.25. The van der Waals surface area contributed by atoms with Crippen molar-refractivity contribution in [1.82, 2.24) is 14.9 Å². The highest BCUT2D eigenvalue weighted by Gasteiger charge is 2.35. The maximum atomic E-state index is 12.8. The van der Waals surface area contributed by atoms with Crippen LogP contribution in [0.5, 0.6) is 0 Å². The van der Waals surface area contributed by atoms with E-state index in [2.05, 4.69) is 10.6 Å². The van der Waals surface area contributed by atoms with Gasteiger partial charge in [0.1, 0.15) is 10.4 Å². The van der Waals surface area contributed by atoms with Gasteiger partial charge in [0.15, 0.2) is 0 Å². The van der Waals surface area contributed by atoms with Crippen LogP contribution in [0.1, 0.15) is 12.0 Å². The van der Waals surface area contributed by atoms with Crippen LogP contribution in [0.2, 0.25) is 5.02 Å². The van der Waals surface area contributed by atoms with Crippen molar-refractivity contribution in [1.29, 1.82) is 0 Å². The zero-order chi connectivity index (χ0) is 20.9. The quantitative estimate of drug-likeness (QED) is 0.641. The Morgan fingerprint density at radius 1 is 1.17 bits per heavy atom. The third-order valence-electron chi connectivity index (χ3n) is 4.25. The first-order valence-electron chi connectivity index (χ1n) is 8.86. The van der Waals surface area contributed by atoms with Crippen LogP contribution < -0.4 is 10.6 Å². The summed E-state index contributed by atoms with van der Waals surface area (Å²) in [6.07, 6.45) is -0.330. The molecule has 0 unspecified atom stereocenters. The summed E-state index contributed by atoms with van der Waals surface area (Å²) in [6.45, 7) is 0.614. The van der Waals surface area contributed by atoms with Crippen molar-refractivity contribution >= 4 is 44.8 Å². The van der Waals surface area contributed by atoms with E-state index in [1.165, 1.54) is 10.4 Å². The Hall–Kier alpha value is -1.98. The Bertz CT molecular complexity index is 966. The molecule has 1 aromatic heterocycles. The maximum Gasteiger partial charge on any atom is 0.309 e. The number of halogens is 1. The summed E-state index contributed by atoms with van der Waals surface area (Å²) in [5.41, 5.74) is 0.680. The van der Waals surface area contributed by atoms with Gasteiger partial charge in [-0.05, 0) is 29.5 Å². The summed E-state index contributed by atoms with van der Waals surface area (Å²) in [6, 6.07) is 10.1. The van der Waals surface area contributed by atoms with Gasteiger partial charge in [0.2, 0.25) is 0 Å². The average molecular weight is 458 g/mol. The molecule has 29 heavy (non-hydrogen) atoms. The van der Waals surface area contributed by atoms with E-state index in [9.17, 15) is 18.0 Å². The van der Waals surface area contributed by atoms with E-state index in [4.69, 9.17) is 16.3 Å². The first-order chi connectivity index (χ1) is 13.9. The first-order valence-corrected chi connectivity index (χ1v) is 11.6. The van der Waals surface area contributed by atoms with E-state index in [1.807, 2.05) is 0 Å².